The molecule has 0 aromatic heterocycles. The molecule has 1 aliphatic carbocycles. The van der Waals surface area contributed by atoms with E-state index >= 15 is 0 Å². The van der Waals surface area contributed by atoms with Crippen molar-refractivity contribution in [1.29, 1.82) is 5.26 Å². The molecule has 2 heterocycles. The molecule has 2 aromatic rings. The summed E-state index contributed by atoms with van der Waals surface area (Å²) in [5, 5.41) is 12.8. The lowest BCUT2D eigenvalue weighted by Gasteiger charge is -2.38. The van der Waals surface area contributed by atoms with Crippen molar-refractivity contribution in [2.24, 2.45) is 5.92 Å². The van der Waals surface area contributed by atoms with E-state index in [-0.39, 0.29) is 17.7 Å². The van der Waals surface area contributed by atoms with E-state index in [0.717, 1.165) is 34.4 Å². The highest BCUT2D eigenvalue weighted by atomic mass is 16.6. The van der Waals surface area contributed by atoms with Gasteiger partial charge in [0.05, 0.1) is 12.5 Å². The Bertz CT molecular complexity index is 1320. The van der Waals surface area contributed by atoms with Crippen LogP contribution in [0.15, 0.2) is 42.5 Å². The Morgan fingerprint density at radius 2 is 1.89 bits per heavy atom. The Labute approximate surface area is 223 Å². The van der Waals surface area contributed by atoms with Crippen LogP contribution in [-0.2, 0) is 27.2 Å². The summed E-state index contributed by atoms with van der Waals surface area (Å²) in [6.45, 7) is 5.94. The van der Waals surface area contributed by atoms with Crippen molar-refractivity contribution in [3.63, 3.8) is 0 Å². The maximum atomic E-state index is 13.5. The highest BCUT2D eigenvalue weighted by Gasteiger charge is 2.58. The van der Waals surface area contributed by atoms with Gasteiger partial charge in [0.1, 0.15) is 17.2 Å². The molecule has 8 nitrogen and oxygen atoms in total. The molecule has 38 heavy (non-hydrogen) atoms. The molecule has 5 rings (SSSR count). The summed E-state index contributed by atoms with van der Waals surface area (Å²) in [5.74, 6) is 0.0957. The largest absolute Gasteiger partial charge is 0.444 e. The van der Waals surface area contributed by atoms with E-state index in [1.165, 1.54) is 0 Å². The highest BCUT2D eigenvalue weighted by molar-refractivity contribution is 6.01. The summed E-state index contributed by atoms with van der Waals surface area (Å²) < 4.78 is 5.58. The standard InChI is InChI=1S/C30H34N4O4/c1-29(2,3)38-28(37)34-18-20-11-12-30(34,16-20)27(36)32-24(17-31)13-19-5-7-21(8-6-19)22-9-10-23-15-26(35)33(4)25(23)14-22/h5-10,14,20,24H,11-13,15-16,18H2,1-4H3,(H,32,36)/t20-,24-,30-/m0/s1. The molecule has 0 unspecified atom stereocenters. The van der Waals surface area contributed by atoms with E-state index in [0.29, 0.717) is 32.2 Å². The Hall–Kier alpha value is -3.86. The third-order valence-corrected chi connectivity index (χ3v) is 7.94. The number of nitriles is 1. The summed E-state index contributed by atoms with van der Waals surface area (Å²) in [7, 11) is 1.79. The SMILES string of the molecule is CN1C(=O)Cc2ccc(-c3ccc(C[C@@H](C#N)NC(=O)[C@@]45CC[C@H](CN4C(=O)OC(C)(C)C)C5)cc3)cc21. The van der Waals surface area contributed by atoms with Crippen LogP contribution in [0.25, 0.3) is 11.1 Å². The first-order valence-electron chi connectivity index (χ1n) is 13.2. The maximum absolute atomic E-state index is 13.5. The Morgan fingerprint density at radius 1 is 1.18 bits per heavy atom. The number of likely N-dealkylation sites (N-methyl/N-ethyl adjacent to an activating group) is 1. The van der Waals surface area contributed by atoms with Crippen LogP contribution < -0.4 is 10.2 Å². The van der Waals surface area contributed by atoms with Gasteiger partial charge in [0.25, 0.3) is 0 Å². The Morgan fingerprint density at radius 3 is 2.55 bits per heavy atom. The molecule has 1 saturated heterocycles. The van der Waals surface area contributed by atoms with Crippen LogP contribution in [0, 0.1) is 17.2 Å². The number of carbonyl (C=O) groups is 3. The zero-order valence-electron chi connectivity index (χ0n) is 22.4. The van der Waals surface area contributed by atoms with E-state index in [9.17, 15) is 19.6 Å². The summed E-state index contributed by atoms with van der Waals surface area (Å²) in [6, 6.07) is 15.4. The van der Waals surface area contributed by atoms with Gasteiger partial charge in [-0.2, -0.15) is 5.26 Å². The molecule has 198 valence electrons. The quantitative estimate of drug-likeness (QED) is 0.644. The number of nitrogens with one attached hydrogen (secondary N) is 1. The molecule has 1 N–H and O–H groups in total. The number of likely N-dealkylation sites (tertiary alicyclic amines) is 1. The van der Waals surface area contributed by atoms with Crippen LogP contribution in [0.2, 0.25) is 0 Å². The third-order valence-electron chi connectivity index (χ3n) is 7.94. The van der Waals surface area contributed by atoms with E-state index in [1.54, 1.807) is 16.8 Å². The zero-order valence-corrected chi connectivity index (χ0v) is 22.4. The van der Waals surface area contributed by atoms with Crippen LogP contribution in [0.3, 0.4) is 0 Å². The normalized spacial score (nSPS) is 22.7. The van der Waals surface area contributed by atoms with Gasteiger partial charge in [0.15, 0.2) is 0 Å². The van der Waals surface area contributed by atoms with E-state index < -0.39 is 23.3 Å². The van der Waals surface area contributed by atoms with Crippen molar-refractivity contribution in [3.8, 4) is 17.2 Å². The minimum atomic E-state index is -0.950. The van der Waals surface area contributed by atoms with E-state index in [4.69, 9.17) is 4.74 Å². The molecule has 3 amide bonds. The molecule has 1 saturated carbocycles. The number of benzene rings is 2. The number of hydrogen-bond acceptors (Lipinski definition) is 5. The van der Waals surface area contributed by atoms with Crippen LogP contribution in [-0.4, -0.2) is 53.6 Å². The average Bonchev–Trinajstić information content (AvgIpc) is 3.55. The van der Waals surface area contributed by atoms with Gasteiger partial charge < -0.3 is 15.0 Å². The van der Waals surface area contributed by atoms with Gasteiger partial charge >= 0.3 is 6.09 Å². The maximum Gasteiger partial charge on any atom is 0.411 e. The topological polar surface area (TPSA) is 103 Å². The van der Waals surface area contributed by atoms with Crippen molar-refractivity contribution in [3.05, 3.63) is 53.6 Å². The highest BCUT2D eigenvalue weighted by Crippen LogP contribution is 2.47. The summed E-state index contributed by atoms with van der Waals surface area (Å²) in [6.07, 6.45) is 2.39. The molecule has 3 atom stereocenters. The molecule has 8 heteroatoms. The van der Waals surface area contributed by atoms with Crippen LogP contribution in [0.4, 0.5) is 10.5 Å². The number of rotatable bonds is 5. The predicted molar refractivity (Wildman–Crippen MR) is 143 cm³/mol. The van der Waals surface area contributed by atoms with Crippen molar-refractivity contribution < 1.29 is 19.1 Å². The minimum absolute atomic E-state index is 0.0941. The molecule has 0 spiro atoms. The smallest absolute Gasteiger partial charge is 0.411 e. The lowest BCUT2D eigenvalue weighted by Crippen LogP contribution is -2.59. The van der Waals surface area contributed by atoms with Crippen LogP contribution in [0.1, 0.15) is 51.2 Å². The third kappa shape index (κ3) is 4.73. The van der Waals surface area contributed by atoms with Crippen molar-refractivity contribution in [2.45, 2.75) is 70.1 Å². The van der Waals surface area contributed by atoms with Crippen LogP contribution in [0.5, 0.6) is 0 Å². The second-order valence-corrected chi connectivity index (χ2v) is 11.8. The Kier molecular flexibility index (Phi) is 6.42. The van der Waals surface area contributed by atoms with Gasteiger partial charge in [-0.25, -0.2) is 4.79 Å². The monoisotopic (exact) mass is 514 g/mol. The molecular weight excluding hydrogens is 480 g/mol. The first-order chi connectivity index (χ1) is 18.0. The van der Waals surface area contributed by atoms with Gasteiger partial charge in [0, 0.05) is 25.7 Å². The molecule has 2 aliphatic heterocycles. The number of piperidine rings is 1. The fourth-order valence-corrected chi connectivity index (χ4v) is 5.97. The number of amides is 3. The van der Waals surface area contributed by atoms with Gasteiger partial charge in [-0.15, -0.1) is 0 Å². The fourth-order valence-electron chi connectivity index (χ4n) is 5.97. The van der Waals surface area contributed by atoms with E-state index in [2.05, 4.69) is 11.4 Å². The summed E-state index contributed by atoms with van der Waals surface area (Å²) in [4.78, 5) is 41.7. The lowest BCUT2D eigenvalue weighted by atomic mass is 9.94. The summed E-state index contributed by atoms with van der Waals surface area (Å²) >= 11 is 0. The number of anilines is 1. The van der Waals surface area contributed by atoms with Crippen molar-refractivity contribution in [2.75, 3.05) is 18.5 Å². The van der Waals surface area contributed by atoms with Crippen LogP contribution >= 0.6 is 0 Å². The molecule has 2 fully saturated rings. The molecular formula is C30H34N4O4. The lowest BCUT2D eigenvalue weighted by molar-refractivity contribution is -0.132. The predicted octanol–water partition coefficient (Wildman–Crippen LogP) is 4.21. The second-order valence-electron chi connectivity index (χ2n) is 11.8. The van der Waals surface area contributed by atoms with Crippen molar-refractivity contribution in [1.82, 2.24) is 10.2 Å². The van der Waals surface area contributed by atoms with Gasteiger partial charge in [0.2, 0.25) is 11.8 Å². The minimum Gasteiger partial charge on any atom is -0.444 e. The molecule has 3 aliphatic rings. The van der Waals surface area contributed by atoms with Gasteiger partial charge in [-0.05, 0) is 74.3 Å². The Balaban J connectivity index is 1.26. The molecule has 0 radical (unpaired) electrons. The van der Waals surface area contributed by atoms with E-state index in [1.807, 2.05) is 63.2 Å². The fraction of sp³-hybridized carbons (Fsp3) is 0.467. The number of fused-ring (bicyclic) bond motifs is 3. The van der Waals surface area contributed by atoms with Crippen molar-refractivity contribution >= 4 is 23.6 Å². The van der Waals surface area contributed by atoms with Gasteiger partial charge in [-0.3, -0.25) is 14.5 Å². The zero-order chi connectivity index (χ0) is 27.2. The summed E-state index contributed by atoms with van der Waals surface area (Å²) in [5.41, 5.74) is 3.32. The molecule has 2 aromatic carbocycles. The second kappa shape index (κ2) is 9.46. The first-order valence-corrected chi connectivity index (χ1v) is 13.2. The first kappa shape index (κ1) is 25.8. The average molecular weight is 515 g/mol. The van der Waals surface area contributed by atoms with Gasteiger partial charge in [-0.1, -0.05) is 36.4 Å². The molecule has 2 bridgehead atoms. The number of ether oxygens (including phenoxy) is 1. The number of nitrogens with zero attached hydrogens (tertiary/aromatic N) is 3. The number of carbonyl (C=O) groups excluding carboxylic acids is 3. The number of hydrogen-bond donors (Lipinski definition) is 1.